The third-order valence-electron chi connectivity index (χ3n) is 2.95. The van der Waals surface area contributed by atoms with Gasteiger partial charge in [-0.25, -0.2) is 9.78 Å². The number of nitrogens with zero attached hydrogens (tertiary/aromatic N) is 2. The molecule has 0 fully saturated rings. The standard InChI is InChI=1S/C15H11ClN2O3/c1-8-5-14(19)21-12-7-10(3-4-11(8)12)20-13-6-9(2)17-15(16)18-13/h3-7H,1-2H3. The average molecular weight is 303 g/mol. The lowest BCUT2D eigenvalue weighted by atomic mass is 10.1. The van der Waals surface area contributed by atoms with Crippen molar-refractivity contribution in [1.29, 1.82) is 0 Å². The Morgan fingerprint density at radius 2 is 1.95 bits per heavy atom. The van der Waals surface area contributed by atoms with Crippen LogP contribution >= 0.6 is 11.6 Å². The Bertz CT molecular complexity index is 869. The van der Waals surface area contributed by atoms with Gasteiger partial charge in [0.05, 0.1) is 0 Å². The Hall–Kier alpha value is -2.40. The molecule has 0 spiro atoms. The van der Waals surface area contributed by atoms with Crippen LogP contribution in [0.3, 0.4) is 0 Å². The van der Waals surface area contributed by atoms with E-state index in [1.807, 2.05) is 13.0 Å². The third kappa shape index (κ3) is 2.87. The van der Waals surface area contributed by atoms with Gasteiger partial charge in [0.2, 0.25) is 11.2 Å². The van der Waals surface area contributed by atoms with Gasteiger partial charge >= 0.3 is 5.63 Å². The summed E-state index contributed by atoms with van der Waals surface area (Å²) < 4.78 is 10.8. The highest BCUT2D eigenvalue weighted by Crippen LogP contribution is 2.26. The number of aryl methyl sites for hydroxylation is 2. The number of hydrogen-bond acceptors (Lipinski definition) is 5. The van der Waals surface area contributed by atoms with E-state index in [9.17, 15) is 4.79 Å². The monoisotopic (exact) mass is 302 g/mol. The van der Waals surface area contributed by atoms with Gasteiger partial charge in [0.25, 0.3) is 0 Å². The van der Waals surface area contributed by atoms with Gasteiger partial charge in [0.15, 0.2) is 0 Å². The number of fused-ring (bicyclic) bond motifs is 1. The van der Waals surface area contributed by atoms with Crippen molar-refractivity contribution in [2.75, 3.05) is 0 Å². The van der Waals surface area contributed by atoms with Crippen LogP contribution in [0.1, 0.15) is 11.3 Å². The Morgan fingerprint density at radius 1 is 1.14 bits per heavy atom. The van der Waals surface area contributed by atoms with E-state index in [1.54, 1.807) is 25.1 Å². The first-order valence-electron chi connectivity index (χ1n) is 6.25. The van der Waals surface area contributed by atoms with Crippen LogP contribution in [0.2, 0.25) is 5.28 Å². The quantitative estimate of drug-likeness (QED) is 0.534. The van der Waals surface area contributed by atoms with Crippen molar-refractivity contribution < 1.29 is 9.15 Å². The summed E-state index contributed by atoms with van der Waals surface area (Å²) in [5.74, 6) is 0.840. The van der Waals surface area contributed by atoms with Crippen molar-refractivity contribution in [3.05, 3.63) is 57.3 Å². The topological polar surface area (TPSA) is 65.2 Å². The smallest absolute Gasteiger partial charge is 0.336 e. The lowest BCUT2D eigenvalue weighted by Crippen LogP contribution is -1.98. The molecule has 1 aromatic carbocycles. The second-order valence-corrected chi connectivity index (χ2v) is 4.96. The maximum Gasteiger partial charge on any atom is 0.336 e. The Kier molecular flexibility index (Phi) is 3.35. The fraction of sp³-hybridized carbons (Fsp3) is 0.133. The van der Waals surface area contributed by atoms with Gasteiger partial charge < -0.3 is 9.15 Å². The van der Waals surface area contributed by atoms with Crippen molar-refractivity contribution in [1.82, 2.24) is 9.97 Å². The van der Waals surface area contributed by atoms with E-state index < -0.39 is 5.63 Å². The fourth-order valence-electron chi connectivity index (χ4n) is 2.05. The number of aromatic nitrogens is 2. The molecule has 0 bridgehead atoms. The summed E-state index contributed by atoms with van der Waals surface area (Å²) in [6, 6.07) is 8.38. The summed E-state index contributed by atoms with van der Waals surface area (Å²) in [5, 5.41) is 0.979. The molecule has 106 valence electrons. The van der Waals surface area contributed by atoms with Gasteiger partial charge in [-0.1, -0.05) is 0 Å². The fourth-order valence-corrected chi connectivity index (χ4v) is 2.26. The van der Waals surface area contributed by atoms with Gasteiger partial charge in [-0.05, 0) is 43.1 Å². The van der Waals surface area contributed by atoms with Gasteiger partial charge in [0.1, 0.15) is 11.3 Å². The second-order valence-electron chi connectivity index (χ2n) is 4.63. The Labute approximate surface area is 125 Å². The minimum Gasteiger partial charge on any atom is -0.439 e. The Balaban J connectivity index is 2.03. The highest BCUT2D eigenvalue weighted by molar-refractivity contribution is 6.28. The number of rotatable bonds is 2. The maximum atomic E-state index is 11.4. The largest absolute Gasteiger partial charge is 0.439 e. The molecule has 2 heterocycles. The van der Waals surface area contributed by atoms with Crippen LogP contribution in [0.25, 0.3) is 11.0 Å². The number of hydrogen-bond donors (Lipinski definition) is 0. The molecule has 0 aliphatic rings. The van der Waals surface area contributed by atoms with Crippen LogP contribution in [0.5, 0.6) is 11.6 Å². The highest BCUT2D eigenvalue weighted by Gasteiger charge is 2.07. The molecule has 0 unspecified atom stereocenters. The molecule has 0 atom stereocenters. The van der Waals surface area contributed by atoms with E-state index in [1.165, 1.54) is 6.07 Å². The molecule has 3 aromatic rings. The molecule has 0 saturated heterocycles. The predicted molar refractivity (Wildman–Crippen MR) is 79.1 cm³/mol. The third-order valence-corrected chi connectivity index (χ3v) is 3.12. The van der Waals surface area contributed by atoms with Crippen LogP contribution in [0.15, 0.2) is 39.5 Å². The van der Waals surface area contributed by atoms with Gasteiger partial charge in [-0.15, -0.1) is 0 Å². The van der Waals surface area contributed by atoms with E-state index in [0.717, 1.165) is 10.9 Å². The first kappa shape index (κ1) is 13.6. The SMILES string of the molecule is Cc1cc(Oc2ccc3c(C)cc(=O)oc3c2)nc(Cl)n1. The summed E-state index contributed by atoms with van der Waals surface area (Å²) in [6.45, 7) is 3.65. The van der Waals surface area contributed by atoms with Crippen LogP contribution < -0.4 is 10.4 Å². The molecule has 0 amide bonds. The van der Waals surface area contributed by atoms with Gasteiger partial charge in [-0.2, -0.15) is 4.98 Å². The first-order chi connectivity index (χ1) is 10.0. The second kappa shape index (κ2) is 5.18. The minimum atomic E-state index is -0.391. The minimum absolute atomic E-state index is 0.119. The van der Waals surface area contributed by atoms with Crippen molar-refractivity contribution in [3.8, 4) is 11.6 Å². The summed E-state index contributed by atoms with van der Waals surface area (Å²) >= 11 is 5.79. The molecule has 2 aromatic heterocycles. The molecule has 6 heteroatoms. The zero-order chi connectivity index (χ0) is 15.0. The number of benzene rings is 1. The lowest BCUT2D eigenvalue weighted by Gasteiger charge is -2.07. The predicted octanol–water partition coefficient (Wildman–Crippen LogP) is 3.65. The van der Waals surface area contributed by atoms with Crippen molar-refractivity contribution in [3.63, 3.8) is 0 Å². The molecular formula is C15H11ClN2O3. The average Bonchev–Trinajstić information content (AvgIpc) is 2.36. The Morgan fingerprint density at radius 3 is 2.71 bits per heavy atom. The van der Waals surface area contributed by atoms with Crippen LogP contribution in [0, 0.1) is 13.8 Å². The van der Waals surface area contributed by atoms with Gasteiger partial charge in [0, 0.05) is 29.3 Å². The molecule has 0 aliphatic carbocycles. The van der Waals surface area contributed by atoms with Gasteiger partial charge in [-0.3, -0.25) is 0 Å². The van der Waals surface area contributed by atoms with E-state index in [0.29, 0.717) is 22.9 Å². The van der Waals surface area contributed by atoms with E-state index in [-0.39, 0.29) is 5.28 Å². The zero-order valence-electron chi connectivity index (χ0n) is 11.4. The van der Waals surface area contributed by atoms with E-state index in [4.69, 9.17) is 20.8 Å². The molecule has 0 saturated carbocycles. The summed E-state index contributed by atoms with van der Waals surface area (Å²) in [4.78, 5) is 19.4. The van der Waals surface area contributed by atoms with Crippen molar-refractivity contribution >= 4 is 22.6 Å². The molecule has 0 radical (unpaired) electrons. The van der Waals surface area contributed by atoms with Crippen molar-refractivity contribution in [2.24, 2.45) is 0 Å². The molecule has 0 aliphatic heterocycles. The van der Waals surface area contributed by atoms with Crippen LogP contribution in [-0.2, 0) is 0 Å². The molecule has 21 heavy (non-hydrogen) atoms. The highest BCUT2D eigenvalue weighted by atomic mass is 35.5. The molecule has 5 nitrogen and oxygen atoms in total. The molecule has 3 rings (SSSR count). The first-order valence-corrected chi connectivity index (χ1v) is 6.62. The summed E-state index contributed by atoms with van der Waals surface area (Å²) in [7, 11) is 0. The van der Waals surface area contributed by atoms with Crippen LogP contribution in [0.4, 0.5) is 0 Å². The van der Waals surface area contributed by atoms with Crippen molar-refractivity contribution in [2.45, 2.75) is 13.8 Å². The lowest BCUT2D eigenvalue weighted by molar-refractivity contribution is 0.459. The normalized spacial score (nSPS) is 10.8. The van der Waals surface area contributed by atoms with E-state index in [2.05, 4.69) is 9.97 Å². The summed E-state index contributed by atoms with van der Waals surface area (Å²) in [6.07, 6.45) is 0. The van der Waals surface area contributed by atoms with Crippen LogP contribution in [-0.4, -0.2) is 9.97 Å². The molecular weight excluding hydrogens is 292 g/mol. The van der Waals surface area contributed by atoms with E-state index >= 15 is 0 Å². The number of ether oxygens (including phenoxy) is 1. The zero-order valence-corrected chi connectivity index (χ0v) is 12.1. The maximum absolute atomic E-state index is 11.4. The summed E-state index contributed by atoms with van der Waals surface area (Å²) in [5.41, 5.74) is 1.63. The number of halogens is 1. The molecule has 0 N–H and O–H groups in total.